The van der Waals surface area contributed by atoms with E-state index in [2.05, 4.69) is 5.32 Å². The fraction of sp³-hybridized carbons (Fsp3) is 0.263. The summed E-state index contributed by atoms with van der Waals surface area (Å²) >= 11 is 0. The Hall–Kier alpha value is -3.02. The van der Waals surface area contributed by atoms with Crippen LogP contribution in [0.4, 0.5) is 0 Å². The monoisotopic (exact) mass is 343 g/mol. The van der Waals surface area contributed by atoms with E-state index in [-0.39, 0.29) is 5.91 Å². The molecule has 6 heteroatoms. The minimum atomic E-state index is -0.425. The van der Waals surface area contributed by atoms with Gasteiger partial charge < -0.3 is 19.5 Å². The molecule has 0 unspecified atom stereocenters. The summed E-state index contributed by atoms with van der Waals surface area (Å²) in [6.07, 6.45) is 0.649. The van der Waals surface area contributed by atoms with Crippen molar-refractivity contribution in [2.75, 3.05) is 20.8 Å². The van der Waals surface area contributed by atoms with Gasteiger partial charge in [-0.05, 0) is 42.3 Å². The molecule has 0 atom stereocenters. The lowest BCUT2D eigenvalue weighted by Gasteiger charge is -2.10. The molecule has 0 aromatic heterocycles. The van der Waals surface area contributed by atoms with E-state index >= 15 is 0 Å². The van der Waals surface area contributed by atoms with E-state index in [1.807, 2.05) is 18.2 Å². The fourth-order valence-corrected chi connectivity index (χ4v) is 2.33. The average molecular weight is 343 g/mol. The molecule has 0 aliphatic carbocycles. The number of carbonyl (C=O) groups is 2. The van der Waals surface area contributed by atoms with E-state index in [0.29, 0.717) is 35.8 Å². The Balaban J connectivity index is 1.93. The maximum Gasteiger partial charge on any atom is 0.308 e. The highest BCUT2D eigenvalue weighted by Gasteiger charge is 2.08. The van der Waals surface area contributed by atoms with Gasteiger partial charge in [0.05, 0.1) is 14.2 Å². The molecule has 25 heavy (non-hydrogen) atoms. The molecule has 0 spiro atoms. The van der Waals surface area contributed by atoms with Gasteiger partial charge in [-0.15, -0.1) is 0 Å². The summed E-state index contributed by atoms with van der Waals surface area (Å²) in [5.41, 5.74) is 1.46. The number of esters is 1. The van der Waals surface area contributed by atoms with Gasteiger partial charge in [-0.2, -0.15) is 0 Å². The van der Waals surface area contributed by atoms with Crippen LogP contribution in [0.1, 0.15) is 22.8 Å². The summed E-state index contributed by atoms with van der Waals surface area (Å²) in [7, 11) is 3.17. The molecule has 0 aliphatic heterocycles. The number of amides is 1. The number of methoxy groups -OCH3 is 2. The molecule has 1 amide bonds. The lowest BCUT2D eigenvalue weighted by atomic mass is 10.1. The normalized spacial score (nSPS) is 10.0. The number of benzene rings is 2. The predicted molar refractivity (Wildman–Crippen MR) is 93.3 cm³/mol. The lowest BCUT2D eigenvalue weighted by Crippen LogP contribution is -2.25. The van der Waals surface area contributed by atoms with Gasteiger partial charge in [0.2, 0.25) is 0 Å². The molecule has 0 heterocycles. The minimum absolute atomic E-state index is 0.227. The molecule has 2 aromatic carbocycles. The SMILES string of the molecule is COc1ccc(CCNC(=O)c2cccc(OC(C)=O)c2)cc1OC. The van der Waals surface area contributed by atoms with Crippen LogP contribution in [-0.2, 0) is 11.2 Å². The molecule has 0 saturated carbocycles. The summed E-state index contributed by atoms with van der Waals surface area (Å²) in [5, 5.41) is 2.84. The first-order valence-corrected chi connectivity index (χ1v) is 7.81. The van der Waals surface area contributed by atoms with Gasteiger partial charge in [-0.3, -0.25) is 9.59 Å². The van der Waals surface area contributed by atoms with Crippen molar-refractivity contribution in [2.24, 2.45) is 0 Å². The zero-order valence-electron chi connectivity index (χ0n) is 14.5. The number of hydrogen-bond donors (Lipinski definition) is 1. The first kappa shape index (κ1) is 18.3. The summed E-state index contributed by atoms with van der Waals surface area (Å²) in [4.78, 5) is 23.2. The van der Waals surface area contributed by atoms with Crippen molar-refractivity contribution in [1.82, 2.24) is 5.32 Å². The second kappa shape index (κ2) is 8.73. The van der Waals surface area contributed by atoms with E-state index in [0.717, 1.165) is 5.56 Å². The average Bonchev–Trinajstić information content (AvgIpc) is 2.61. The molecule has 0 bridgehead atoms. The van der Waals surface area contributed by atoms with E-state index in [9.17, 15) is 9.59 Å². The molecule has 0 radical (unpaired) electrons. The molecular formula is C19H21NO5. The van der Waals surface area contributed by atoms with Crippen molar-refractivity contribution >= 4 is 11.9 Å². The van der Waals surface area contributed by atoms with Gasteiger partial charge in [-0.1, -0.05) is 12.1 Å². The second-order valence-electron chi connectivity index (χ2n) is 5.32. The molecule has 2 aromatic rings. The van der Waals surface area contributed by atoms with Crippen molar-refractivity contribution < 1.29 is 23.8 Å². The Bertz CT molecular complexity index is 757. The van der Waals surface area contributed by atoms with Gasteiger partial charge >= 0.3 is 5.97 Å². The van der Waals surface area contributed by atoms with Crippen LogP contribution in [-0.4, -0.2) is 32.6 Å². The molecule has 132 valence electrons. The number of carbonyl (C=O) groups excluding carboxylic acids is 2. The Kier molecular flexibility index (Phi) is 6.39. The maximum atomic E-state index is 12.2. The first-order valence-electron chi connectivity index (χ1n) is 7.81. The second-order valence-corrected chi connectivity index (χ2v) is 5.32. The van der Waals surface area contributed by atoms with Gasteiger partial charge in [0, 0.05) is 19.0 Å². The Morgan fingerprint density at radius 1 is 1.00 bits per heavy atom. The number of ether oxygens (including phenoxy) is 3. The highest BCUT2D eigenvalue weighted by atomic mass is 16.5. The smallest absolute Gasteiger partial charge is 0.308 e. The van der Waals surface area contributed by atoms with Gasteiger partial charge in [0.1, 0.15) is 5.75 Å². The van der Waals surface area contributed by atoms with Gasteiger partial charge in [-0.25, -0.2) is 0 Å². The largest absolute Gasteiger partial charge is 0.493 e. The maximum absolute atomic E-state index is 12.2. The molecule has 0 fully saturated rings. The minimum Gasteiger partial charge on any atom is -0.493 e. The quantitative estimate of drug-likeness (QED) is 0.618. The topological polar surface area (TPSA) is 73.9 Å². The molecule has 0 saturated heterocycles. The van der Waals surface area contributed by atoms with Crippen molar-refractivity contribution in [3.63, 3.8) is 0 Å². The Morgan fingerprint density at radius 2 is 1.76 bits per heavy atom. The van der Waals surface area contributed by atoms with Crippen LogP contribution in [0.3, 0.4) is 0 Å². The highest BCUT2D eigenvalue weighted by Crippen LogP contribution is 2.27. The third-order valence-electron chi connectivity index (χ3n) is 3.50. The third-order valence-corrected chi connectivity index (χ3v) is 3.50. The zero-order valence-corrected chi connectivity index (χ0v) is 14.5. The predicted octanol–water partition coefficient (Wildman–Crippen LogP) is 2.60. The molecule has 2 rings (SSSR count). The Labute approximate surface area is 146 Å². The summed E-state index contributed by atoms with van der Waals surface area (Å²) < 4.78 is 15.4. The van der Waals surface area contributed by atoms with Crippen LogP contribution < -0.4 is 19.5 Å². The van der Waals surface area contributed by atoms with Crippen LogP contribution in [0.15, 0.2) is 42.5 Å². The van der Waals surface area contributed by atoms with Crippen LogP contribution in [0.25, 0.3) is 0 Å². The summed E-state index contributed by atoms with van der Waals surface area (Å²) in [5.74, 6) is 1.01. The molecular weight excluding hydrogens is 322 g/mol. The molecule has 0 aliphatic rings. The fourth-order valence-electron chi connectivity index (χ4n) is 2.33. The lowest BCUT2D eigenvalue weighted by molar-refractivity contribution is -0.131. The van der Waals surface area contributed by atoms with Crippen molar-refractivity contribution in [3.05, 3.63) is 53.6 Å². The van der Waals surface area contributed by atoms with Gasteiger partial charge in [0.15, 0.2) is 11.5 Å². The van der Waals surface area contributed by atoms with E-state index in [4.69, 9.17) is 14.2 Å². The number of rotatable bonds is 7. The van der Waals surface area contributed by atoms with Crippen molar-refractivity contribution in [3.8, 4) is 17.2 Å². The van der Waals surface area contributed by atoms with Crippen molar-refractivity contribution in [1.29, 1.82) is 0 Å². The highest BCUT2D eigenvalue weighted by molar-refractivity contribution is 5.94. The first-order chi connectivity index (χ1) is 12.0. The van der Waals surface area contributed by atoms with Crippen LogP contribution in [0, 0.1) is 0 Å². The van der Waals surface area contributed by atoms with E-state index in [1.165, 1.54) is 13.0 Å². The molecule has 6 nitrogen and oxygen atoms in total. The van der Waals surface area contributed by atoms with E-state index < -0.39 is 5.97 Å². The van der Waals surface area contributed by atoms with Crippen molar-refractivity contribution in [2.45, 2.75) is 13.3 Å². The summed E-state index contributed by atoms with van der Waals surface area (Å²) in [6, 6.07) is 12.1. The third kappa shape index (κ3) is 5.24. The van der Waals surface area contributed by atoms with E-state index in [1.54, 1.807) is 32.4 Å². The zero-order chi connectivity index (χ0) is 18.2. The van der Waals surface area contributed by atoms with Crippen LogP contribution in [0.2, 0.25) is 0 Å². The van der Waals surface area contributed by atoms with Crippen LogP contribution in [0.5, 0.6) is 17.2 Å². The number of hydrogen-bond acceptors (Lipinski definition) is 5. The van der Waals surface area contributed by atoms with Crippen LogP contribution >= 0.6 is 0 Å². The Morgan fingerprint density at radius 3 is 2.44 bits per heavy atom. The number of nitrogens with one attached hydrogen (secondary N) is 1. The van der Waals surface area contributed by atoms with Gasteiger partial charge in [0.25, 0.3) is 5.91 Å². The molecule has 1 N–H and O–H groups in total. The standard InChI is InChI=1S/C19H21NO5/c1-13(21)25-16-6-4-5-15(12-16)19(22)20-10-9-14-7-8-17(23-2)18(11-14)24-3/h4-8,11-12H,9-10H2,1-3H3,(H,20,22). The summed E-state index contributed by atoms with van der Waals surface area (Å²) in [6.45, 7) is 1.78.